The van der Waals surface area contributed by atoms with Gasteiger partial charge in [-0.15, -0.1) is 10.2 Å². The van der Waals surface area contributed by atoms with E-state index in [2.05, 4.69) is 15.5 Å². The van der Waals surface area contributed by atoms with Gasteiger partial charge in [0, 0.05) is 11.7 Å². The molecule has 0 saturated heterocycles. The third-order valence-corrected chi connectivity index (χ3v) is 4.91. The Morgan fingerprint density at radius 3 is 2.72 bits per heavy atom. The van der Waals surface area contributed by atoms with Gasteiger partial charge in [0.15, 0.2) is 5.16 Å². The number of aromatic nitrogens is 3. The lowest BCUT2D eigenvalue weighted by Gasteiger charge is -2.14. The van der Waals surface area contributed by atoms with Gasteiger partial charge >= 0.3 is 6.18 Å². The number of hydrogen-bond acceptors (Lipinski definition) is 4. The Morgan fingerprint density at radius 2 is 2.08 bits per heavy atom. The zero-order valence-corrected chi connectivity index (χ0v) is 14.5. The minimum absolute atomic E-state index is 0.118. The molecule has 0 radical (unpaired) electrons. The van der Waals surface area contributed by atoms with Crippen LogP contribution in [0.4, 0.5) is 18.9 Å². The van der Waals surface area contributed by atoms with Crippen LogP contribution in [-0.2, 0) is 11.0 Å². The van der Waals surface area contributed by atoms with Crippen LogP contribution in [0.1, 0.15) is 37.2 Å². The SMILES string of the molecule is Cc1nnc(S[C@@H](C)C(=O)Nc2cccc(C(F)(F)F)c2)n1C1CC1. The van der Waals surface area contributed by atoms with Gasteiger partial charge in [-0.25, -0.2) is 0 Å². The van der Waals surface area contributed by atoms with E-state index in [-0.39, 0.29) is 11.6 Å². The number of anilines is 1. The summed E-state index contributed by atoms with van der Waals surface area (Å²) in [5, 5.41) is 10.8. The fraction of sp³-hybridized carbons (Fsp3) is 0.438. The molecule has 1 amide bonds. The number of aryl methyl sites for hydroxylation is 1. The lowest BCUT2D eigenvalue weighted by Crippen LogP contribution is -2.23. The van der Waals surface area contributed by atoms with Crippen molar-refractivity contribution in [3.63, 3.8) is 0 Å². The Bertz CT molecular complexity index is 786. The topological polar surface area (TPSA) is 59.8 Å². The summed E-state index contributed by atoms with van der Waals surface area (Å²) in [4.78, 5) is 12.3. The first-order valence-corrected chi connectivity index (χ1v) is 8.70. The minimum Gasteiger partial charge on any atom is -0.325 e. The van der Waals surface area contributed by atoms with Crippen LogP contribution in [0.2, 0.25) is 0 Å². The standard InChI is InChI=1S/C16H17F3N4OS/c1-9(25-15-22-21-10(2)23(15)13-6-7-13)14(24)20-12-5-3-4-11(8-12)16(17,18)19/h3-5,8-9,13H,6-7H2,1-2H3,(H,20,24)/t9-/m0/s1. The quantitative estimate of drug-likeness (QED) is 0.807. The lowest BCUT2D eigenvalue weighted by molar-refractivity contribution is -0.137. The average molecular weight is 370 g/mol. The number of rotatable bonds is 5. The first-order chi connectivity index (χ1) is 11.8. The van der Waals surface area contributed by atoms with Crippen LogP contribution in [0.5, 0.6) is 0 Å². The Kier molecular flexibility index (Phi) is 4.77. The number of halogens is 3. The zero-order chi connectivity index (χ0) is 18.2. The van der Waals surface area contributed by atoms with E-state index >= 15 is 0 Å². The van der Waals surface area contributed by atoms with Gasteiger partial charge in [-0.2, -0.15) is 13.2 Å². The smallest absolute Gasteiger partial charge is 0.325 e. The van der Waals surface area contributed by atoms with Gasteiger partial charge in [-0.05, 0) is 44.9 Å². The molecule has 2 aromatic rings. The van der Waals surface area contributed by atoms with E-state index in [0.29, 0.717) is 11.2 Å². The van der Waals surface area contributed by atoms with Crippen molar-refractivity contribution in [3.05, 3.63) is 35.7 Å². The summed E-state index contributed by atoms with van der Waals surface area (Å²) in [6.45, 7) is 3.55. The molecule has 0 unspecified atom stereocenters. The van der Waals surface area contributed by atoms with E-state index in [0.717, 1.165) is 30.8 Å². The Morgan fingerprint density at radius 1 is 1.36 bits per heavy atom. The van der Waals surface area contributed by atoms with Crippen molar-refractivity contribution >= 4 is 23.4 Å². The first kappa shape index (κ1) is 17.8. The monoisotopic (exact) mass is 370 g/mol. The highest BCUT2D eigenvalue weighted by Gasteiger charge is 2.31. The summed E-state index contributed by atoms with van der Waals surface area (Å²) in [6, 6.07) is 4.97. The molecule has 1 N–H and O–H groups in total. The van der Waals surface area contributed by atoms with Gasteiger partial charge in [0.25, 0.3) is 0 Å². The molecule has 5 nitrogen and oxygen atoms in total. The highest BCUT2D eigenvalue weighted by atomic mass is 32.2. The van der Waals surface area contributed by atoms with Gasteiger partial charge in [-0.1, -0.05) is 17.8 Å². The second kappa shape index (κ2) is 6.70. The Hall–Kier alpha value is -2.03. The predicted octanol–water partition coefficient (Wildman–Crippen LogP) is 4.06. The molecule has 9 heteroatoms. The third-order valence-electron chi connectivity index (χ3n) is 3.86. The van der Waals surface area contributed by atoms with Crippen molar-refractivity contribution in [1.29, 1.82) is 0 Å². The van der Waals surface area contributed by atoms with E-state index in [4.69, 9.17) is 0 Å². The van der Waals surface area contributed by atoms with Gasteiger partial charge < -0.3 is 9.88 Å². The van der Waals surface area contributed by atoms with Crippen LogP contribution < -0.4 is 5.32 Å². The molecule has 0 bridgehead atoms. The van der Waals surface area contributed by atoms with Gasteiger partial charge in [-0.3, -0.25) is 4.79 Å². The fourth-order valence-electron chi connectivity index (χ4n) is 2.41. The van der Waals surface area contributed by atoms with E-state index in [1.54, 1.807) is 6.92 Å². The number of thioether (sulfide) groups is 1. The number of hydrogen-bond donors (Lipinski definition) is 1. The summed E-state index contributed by atoms with van der Waals surface area (Å²) in [5.74, 6) is 0.419. The first-order valence-electron chi connectivity index (χ1n) is 7.82. The molecule has 134 valence electrons. The predicted molar refractivity (Wildman–Crippen MR) is 88.4 cm³/mol. The largest absolute Gasteiger partial charge is 0.416 e. The van der Waals surface area contributed by atoms with Crippen molar-refractivity contribution in [2.75, 3.05) is 5.32 Å². The average Bonchev–Trinajstić information content (AvgIpc) is 3.31. The number of amides is 1. The molecular weight excluding hydrogens is 353 g/mol. The van der Waals surface area contributed by atoms with E-state index in [9.17, 15) is 18.0 Å². The second-order valence-electron chi connectivity index (χ2n) is 5.96. The number of carbonyl (C=O) groups excluding carboxylic acids is 1. The van der Waals surface area contributed by atoms with E-state index in [1.165, 1.54) is 23.9 Å². The van der Waals surface area contributed by atoms with Crippen LogP contribution in [0, 0.1) is 6.92 Å². The minimum atomic E-state index is -4.45. The van der Waals surface area contributed by atoms with Crippen LogP contribution in [0.25, 0.3) is 0 Å². The van der Waals surface area contributed by atoms with Crippen molar-refractivity contribution in [1.82, 2.24) is 14.8 Å². The number of nitrogens with zero attached hydrogens (tertiary/aromatic N) is 3. The normalized spacial score (nSPS) is 15.9. The van der Waals surface area contributed by atoms with Crippen molar-refractivity contribution in [2.45, 2.75) is 49.3 Å². The second-order valence-corrected chi connectivity index (χ2v) is 7.27. The van der Waals surface area contributed by atoms with Crippen molar-refractivity contribution < 1.29 is 18.0 Å². The molecule has 0 spiro atoms. The Labute approximate surface area is 147 Å². The summed E-state index contributed by atoms with van der Waals surface area (Å²) in [5.41, 5.74) is -0.679. The van der Waals surface area contributed by atoms with Crippen LogP contribution in [-0.4, -0.2) is 25.9 Å². The maximum atomic E-state index is 12.7. The number of carbonyl (C=O) groups is 1. The highest BCUT2D eigenvalue weighted by Crippen LogP contribution is 2.39. The summed E-state index contributed by atoms with van der Waals surface area (Å²) in [6.07, 6.45) is -2.31. The number of benzene rings is 1. The number of alkyl halides is 3. The molecule has 0 aliphatic heterocycles. The van der Waals surface area contributed by atoms with Crippen LogP contribution in [0.3, 0.4) is 0 Å². The molecule has 1 aliphatic carbocycles. The van der Waals surface area contributed by atoms with Crippen LogP contribution in [0.15, 0.2) is 29.4 Å². The highest BCUT2D eigenvalue weighted by molar-refractivity contribution is 8.00. The molecule has 1 heterocycles. The van der Waals surface area contributed by atoms with Crippen molar-refractivity contribution in [3.8, 4) is 0 Å². The number of nitrogens with one attached hydrogen (secondary N) is 1. The molecule has 25 heavy (non-hydrogen) atoms. The Balaban J connectivity index is 1.67. The maximum Gasteiger partial charge on any atom is 0.416 e. The molecule has 3 rings (SSSR count). The zero-order valence-electron chi connectivity index (χ0n) is 13.7. The van der Waals surface area contributed by atoms with Gasteiger partial charge in [0.05, 0.1) is 10.8 Å². The maximum absolute atomic E-state index is 12.7. The molecule has 1 fully saturated rings. The summed E-state index contributed by atoms with van der Waals surface area (Å²) >= 11 is 1.25. The molecule has 1 aromatic heterocycles. The molecule has 1 aromatic carbocycles. The van der Waals surface area contributed by atoms with Crippen LogP contribution >= 0.6 is 11.8 Å². The van der Waals surface area contributed by atoms with E-state index in [1.807, 2.05) is 11.5 Å². The van der Waals surface area contributed by atoms with E-state index < -0.39 is 17.0 Å². The molecule has 1 saturated carbocycles. The summed E-state index contributed by atoms with van der Waals surface area (Å²) in [7, 11) is 0. The summed E-state index contributed by atoms with van der Waals surface area (Å²) < 4.78 is 40.2. The lowest BCUT2D eigenvalue weighted by atomic mass is 10.2. The molecular formula is C16H17F3N4OS. The third kappa shape index (κ3) is 4.15. The fourth-order valence-corrected chi connectivity index (χ4v) is 3.38. The molecule has 1 aliphatic rings. The molecule has 1 atom stereocenters. The van der Waals surface area contributed by atoms with Gasteiger partial charge in [0.2, 0.25) is 5.91 Å². The van der Waals surface area contributed by atoms with Crippen molar-refractivity contribution in [2.24, 2.45) is 0 Å². The van der Waals surface area contributed by atoms with Gasteiger partial charge in [0.1, 0.15) is 5.82 Å².